The molecule has 2 aromatic rings. The third-order valence-electron chi connectivity index (χ3n) is 4.64. The summed E-state index contributed by atoms with van der Waals surface area (Å²) in [5.41, 5.74) is 0.400. The van der Waals surface area contributed by atoms with Crippen molar-refractivity contribution in [2.75, 3.05) is 25.0 Å². The van der Waals surface area contributed by atoms with Crippen molar-refractivity contribution in [3.8, 4) is 0 Å². The second-order valence-electron chi connectivity index (χ2n) is 6.55. The summed E-state index contributed by atoms with van der Waals surface area (Å²) in [7, 11) is 0. The molecule has 0 bridgehead atoms. The number of benzene rings is 1. The molecule has 5 nitrogen and oxygen atoms in total. The molecule has 2 N–H and O–H groups in total. The standard InChI is InChI=1S/C19H20F3N3O2S/c20-19(21,22)14-3-5-15(6-4-14)24-18(27)17(26)23-11-16(13-7-10-28-12-13)25-8-1-2-9-25/h3-7,10,12,16H,1-2,8-9,11H2,(H,23,26)(H,24,27)/t16-/m1/s1. The lowest BCUT2D eigenvalue weighted by molar-refractivity contribution is -0.137. The number of likely N-dealkylation sites (tertiary alicyclic amines) is 1. The summed E-state index contributed by atoms with van der Waals surface area (Å²) >= 11 is 1.57. The molecule has 1 aliphatic heterocycles. The van der Waals surface area contributed by atoms with Crippen molar-refractivity contribution >= 4 is 28.8 Å². The highest BCUT2D eigenvalue weighted by atomic mass is 32.1. The van der Waals surface area contributed by atoms with E-state index in [2.05, 4.69) is 15.5 Å². The van der Waals surface area contributed by atoms with Crippen molar-refractivity contribution in [3.63, 3.8) is 0 Å². The third kappa shape index (κ3) is 5.11. The lowest BCUT2D eigenvalue weighted by Crippen LogP contribution is -2.41. The Kier molecular flexibility index (Phi) is 6.35. The molecule has 2 amide bonds. The fraction of sp³-hybridized carbons (Fsp3) is 0.368. The van der Waals surface area contributed by atoms with Crippen LogP contribution in [0.4, 0.5) is 18.9 Å². The molecule has 3 rings (SSSR count). The first-order valence-electron chi connectivity index (χ1n) is 8.87. The zero-order valence-electron chi connectivity index (χ0n) is 15.0. The zero-order valence-corrected chi connectivity index (χ0v) is 15.8. The lowest BCUT2D eigenvalue weighted by atomic mass is 10.1. The van der Waals surface area contributed by atoms with Crippen molar-refractivity contribution < 1.29 is 22.8 Å². The quantitative estimate of drug-likeness (QED) is 0.739. The summed E-state index contributed by atoms with van der Waals surface area (Å²) in [6.07, 6.45) is -2.25. The lowest BCUT2D eigenvalue weighted by Gasteiger charge is -2.27. The number of rotatable bonds is 5. The van der Waals surface area contributed by atoms with Crippen molar-refractivity contribution in [1.82, 2.24) is 10.2 Å². The molecule has 28 heavy (non-hydrogen) atoms. The summed E-state index contributed by atoms with van der Waals surface area (Å²) in [5, 5.41) is 8.95. The monoisotopic (exact) mass is 411 g/mol. The Morgan fingerprint density at radius 3 is 2.32 bits per heavy atom. The Balaban J connectivity index is 1.56. The van der Waals surface area contributed by atoms with E-state index in [0.29, 0.717) is 0 Å². The smallest absolute Gasteiger partial charge is 0.346 e. The molecule has 1 atom stereocenters. The summed E-state index contributed by atoms with van der Waals surface area (Å²) in [6, 6.07) is 5.94. The minimum absolute atomic E-state index is 0.00318. The average molecular weight is 411 g/mol. The average Bonchev–Trinajstić information content (AvgIpc) is 3.36. The summed E-state index contributed by atoms with van der Waals surface area (Å²) in [4.78, 5) is 26.5. The Morgan fingerprint density at radius 2 is 1.75 bits per heavy atom. The highest BCUT2D eigenvalue weighted by Crippen LogP contribution is 2.30. The Labute approximate surface area is 164 Å². The van der Waals surface area contributed by atoms with Crippen LogP contribution in [0.3, 0.4) is 0 Å². The Bertz CT molecular complexity index is 801. The van der Waals surface area contributed by atoms with E-state index < -0.39 is 23.6 Å². The number of halogens is 3. The molecule has 1 aromatic heterocycles. The summed E-state index contributed by atoms with van der Waals surface area (Å²) in [5.74, 6) is -1.73. The van der Waals surface area contributed by atoms with Gasteiger partial charge < -0.3 is 10.6 Å². The number of hydrogen-bond acceptors (Lipinski definition) is 4. The van der Waals surface area contributed by atoms with Gasteiger partial charge in [0, 0.05) is 12.2 Å². The molecule has 0 saturated carbocycles. The first-order valence-corrected chi connectivity index (χ1v) is 9.81. The number of alkyl halides is 3. The molecule has 0 unspecified atom stereocenters. The van der Waals surface area contributed by atoms with Crippen LogP contribution in [0.2, 0.25) is 0 Å². The SMILES string of the molecule is O=C(NC[C@H](c1ccsc1)N1CCCC1)C(=O)Nc1ccc(C(F)(F)F)cc1. The van der Waals surface area contributed by atoms with Gasteiger partial charge in [-0.05, 0) is 72.6 Å². The van der Waals surface area contributed by atoms with E-state index in [4.69, 9.17) is 0 Å². The molecule has 1 fully saturated rings. The van der Waals surface area contributed by atoms with E-state index in [1.54, 1.807) is 11.3 Å². The van der Waals surface area contributed by atoms with Gasteiger partial charge in [0.25, 0.3) is 0 Å². The van der Waals surface area contributed by atoms with Crippen molar-refractivity contribution in [2.24, 2.45) is 0 Å². The minimum Gasteiger partial charge on any atom is -0.346 e. The van der Waals surface area contributed by atoms with E-state index >= 15 is 0 Å². The van der Waals surface area contributed by atoms with Crippen LogP contribution in [0.5, 0.6) is 0 Å². The van der Waals surface area contributed by atoms with Gasteiger partial charge in [-0.25, -0.2) is 0 Å². The van der Waals surface area contributed by atoms with Crippen LogP contribution in [0.15, 0.2) is 41.1 Å². The van der Waals surface area contributed by atoms with Crippen LogP contribution < -0.4 is 10.6 Å². The molecule has 2 heterocycles. The summed E-state index contributed by atoms with van der Waals surface area (Å²) in [6.45, 7) is 2.16. The summed E-state index contributed by atoms with van der Waals surface area (Å²) < 4.78 is 37.7. The molecular formula is C19H20F3N3O2S. The largest absolute Gasteiger partial charge is 0.416 e. The molecule has 150 valence electrons. The Morgan fingerprint density at radius 1 is 1.07 bits per heavy atom. The van der Waals surface area contributed by atoms with E-state index in [-0.39, 0.29) is 18.3 Å². The van der Waals surface area contributed by atoms with Gasteiger partial charge in [-0.15, -0.1) is 0 Å². The van der Waals surface area contributed by atoms with E-state index in [0.717, 1.165) is 55.8 Å². The number of thiophene rings is 1. The van der Waals surface area contributed by atoms with Crippen molar-refractivity contribution in [2.45, 2.75) is 25.1 Å². The van der Waals surface area contributed by atoms with E-state index in [1.165, 1.54) is 0 Å². The van der Waals surface area contributed by atoms with Crippen molar-refractivity contribution in [1.29, 1.82) is 0 Å². The van der Waals surface area contributed by atoms with Crippen LogP contribution >= 0.6 is 11.3 Å². The topological polar surface area (TPSA) is 61.4 Å². The maximum Gasteiger partial charge on any atom is 0.416 e. The molecule has 0 spiro atoms. The molecule has 1 aliphatic rings. The number of amides is 2. The number of carbonyl (C=O) groups is 2. The van der Waals surface area contributed by atoms with Gasteiger partial charge >= 0.3 is 18.0 Å². The number of hydrogen-bond donors (Lipinski definition) is 2. The highest BCUT2D eigenvalue weighted by molar-refractivity contribution is 7.08. The van der Waals surface area contributed by atoms with E-state index in [1.807, 2.05) is 16.8 Å². The molecule has 1 aromatic carbocycles. The molecule has 0 aliphatic carbocycles. The predicted octanol–water partition coefficient (Wildman–Crippen LogP) is 3.66. The first kappa shape index (κ1) is 20.3. The van der Waals surface area contributed by atoms with Crippen LogP contribution in [0.25, 0.3) is 0 Å². The van der Waals surface area contributed by atoms with Gasteiger partial charge in [0.2, 0.25) is 0 Å². The van der Waals surface area contributed by atoms with Gasteiger partial charge in [-0.1, -0.05) is 0 Å². The molecule has 1 saturated heterocycles. The fourth-order valence-electron chi connectivity index (χ4n) is 3.18. The highest BCUT2D eigenvalue weighted by Gasteiger charge is 2.30. The minimum atomic E-state index is -4.45. The zero-order chi connectivity index (χ0) is 20.1. The van der Waals surface area contributed by atoms with Gasteiger partial charge in [0.05, 0.1) is 11.6 Å². The van der Waals surface area contributed by atoms with Gasteiger partial charge in [0.15, 0.2) is 0 Å². The van der Waals surface area contributed by atoms with Crippen LogP contribution in [0, 0.1) is 0 Å². The third-order valence-corrected chi connectivity index (χ3v) is 5.34. The van der Waals surface area contributed by atoms with Gasteiger partial charge in [-0.3, -0.25) is 14.5 Å². The normalized spacial score (nSPS) is 16.0. The van der Waals surface area contributed by atoms with Crippen LogP contribution in [0.1, 0.15) is 30.0 Å². The maximum absolute atomic E-state index is 12.6. The van der Waals surface area contributed by atoms with Crippen molar-refractivity contribution in [3.05, 3.63) is 52.2 Å². The number of nitrogens with zero attached hydrogens (tertiary/aromatic N) is 1. The molecule has 9 heteroatoms. The Hall–Kier alpha value is -2.39. The second kappa shape index (κ2) is 8.74. The van der Waals surface area contributed by atoms with Gasteiger partial charge in [0.1, 0.15) is 0 Å². The number of anilines is 1. The maximum atomic E-state index is 12.6. The number of carbonyl (C=O) groups excluding carboxylic acids is 2. The second-order valence-corrected chi connectivity index (χ2v) is 7.33. The van der Waals surface area contributed by atoms with Crippen LogP contribution in [-0.4, -0.2) is 36.3 Å². The predicted molar refractivity (Wildman–Crippen MR) is 101 cm³/mol. The van der Waals surface area contributed by atoms with Crippen LogP contribution in [-0.2, 0) is 15.8 Å². The first-order chi connectivity index (χ1) is 13.3. The van der Waals surface area contributed by atoms with Gasteiger partial charge in [-0.2, -0.15) is 24.5 Å². The molecular weight excluding hydrogens is 391 g/mol. The molecule has 0 radical (unpaired) electrons. The fourth-order valence-corrected chi connectivity index (χ4v) is 3.88. The van der Waals surface area contributed by atoms with E-state index in [9.17, 15) is 22.8 Å². The number of nitrogens with one attached hydrogen (secondary N) is 2.